The van der Waals surface area contributed by atoms with E-state index in [-0.39, 0.29) is 4.90 Å². The van der Waals surface area contributed by atoms with Crippen molar-refractivity contribution in [3.63, 3.8) is 0 Å². The van der Waals surface area contributed by atoms with Crippen molar-refractivity contribution < 1.29 is 22.5 Å². The quantitative estimate of drug-likeness (QED) is 0.886. The number of benzene rings is 2. The largest absolute Gasteiger partial charge is 0.570 e. The highest BCUT2D eigenvalue weighted by molar-refractivity contribution is 7.94. The van der Waals surface area contributed by atoms with Crippen molar-refractivity contribution in [2.24, 2.45) is 0 Å². The van der Waals surface area contributed by atoms with Crippen LogP contribution < -0.4 is 5.32 Å². The van der Waals surface area contributed by atoms with Crippen LogP contribution >= 0.6 is 0 Å². The Morgan fingerprint density at radius 1 is 1.09 bits per heavy atom. The number of quaternary nitrogens is 1. The number of hydrogen-bond donors (Lipinski definition) is 1. The molecule has 0 heterocycles. The molecule has 0 spiro atoms. The normalized spacial score (nSPS) is 11.4. The van der Waals surface area contributed by atoms with Crippen molar-refractivity contribution in [1.29, 1.82) is 0 Å². The van der Waals surface area contributed by atoms with Gasteiger partial charge in [-0.3, -0.25) is 0 Å². The molecule has 2 aromatic carbocycles. The summed E-state index contributed by atoms with van der Waals surface area (Å²) >= 11 is 0. The van der Waals surface area contributed by atoms with Crippen molar-refractivity contribution in [1.82, 2.24) is 0 Å². The first-order chi connectivity index (χ1) is 10.4. The van der Waals surface area contributed by atoms with Gasteiger partial charge >= 0.3 is 0 Å². The highest BCUT2D eigenvalue weighted by atomic mass is 32.2. The van der Waals surface area contributed by atoms with Crippen LogP contribution in [0.2, 0.25) is 0 Å². The zero-order valence-corrected chi connectivity index (χ0v) is 12.8. The molecule has 2 N–H and O–H groups in total. The smallest absolute Gasteiger partial charge is 0.126 e. The Hall–Kier alpha value is -1.99. The summed E-state index contributed by atoms with van der Waals surface area (Å²) in [6.45, 7) is 3.70. The van der Waals surface area contributed by atoms with Crippen molar-refractivity contribution in [2.75, 3.05) is 6.54 Å². The zero-order chi connectivity index (χ0) is 16.2. The SMILES string of the molecule is CC[NH2+]Cc1ccc(S(=O)(=O)[N-]c2ccc(F)cc2F)cc1. The molecule has 0 amide bonds. The predicted molar refractivity (Wildman–Crippen MR) is 79.2 cm³/mol. The predicted octanol–water partition coefficient (Wildman–Crippen LogP) is 2.44. The van der Waals surface area contributed by atoms with Gasteiger partial charge in [0.05, 0.1) is 11.4 Å². The second-order valence-electron chi connectivity index (χ2n) is 4.71. The monoisotopic (exact) mass is 326 g/mol. The van der Waals surface area contributed by atoms with Crippen LogP contribution in [0.5, 0.6) is 0 Å². The molecule has 0 radical (unpaired) electrons. The van der Waals surface area contributed by atoms with Crippen LogP contribution in [0.4, 0.5) is 14.5 Å². The number of rotatable bonds is 6. The van der Waals surface area contributed by atoms with Crippen LogP contribution in [0.25, 0.3) is 4.72 Å². The van der Waals surface area contributed by atoms with Gasteiger partial charge in [0.2, 0.25) is 0 Å². The van der Waals surface area contributed by atoms with Gasteiger partial charge < -0.3 is 10.0 Å². The summed E-state index contributed by atoms with van der Waals surface area (Å²) in [5, 5.41) is 2.07. The lowest BCUT2D eigenvalue weighted by atomic mass is 10.2. The molecule has 0 bridgehead atoms. The first-order valence-corrected chi connectivity index (χ1v) is 8.20. The van der Waals surface area contributed by atoms with Crippen LogP contribution in [0.15, 0.2) is 47.4 Å². The van der Waals surface area contributed by atoms with Crippen LogP contribution in [-0.2, 0) is 16.6 Å². The minimum Gasteiger partial charge on any atom is -0.570 e. The van der Waals surface area contributed by atoms with Gasteiger partial charge in [-0.05, 0) is 25.1 Å². The maximum atomic E-state index is 13.5. The molecule has 0 fully saturated rings. The molecule has 0 atom stereocenters. The molecule has 0 saturated heterocycles. The average molecular weight is 326 g/mol. The van der Waals surface area contributed by atoms with Crippen LogP contribution in [-0.4, -0.2) is 15.0 Å². The van der Waals surface area contributed by atoms with Crippen molar-refractivity contribution >= 4 is 15.7 Å². The summed E-state index contributed by atoms with van der Waals surface area (Å²) < 4.78 is 54.0. The Balaban J connectivity index is 2.19. The van der Waals surface area contributed by atoms with E-state index in [4.69, 9.17) is 0 Å². The number of halogens is 2. The van der Waals surface area contributed by atoms with Gasteiger partial charge in [-0.15, -0.1) is 0 Å². The lowest BCUT2D eigenvalue weighted by Gasteiger charge is -2.22. The molecule has 22 heavy (non-hydrogen) atoms. The summed E-state index contributed by atoms with van der Waals surface area (Å²) in [5.74, 6) is -1.80. The Morgan fingerprint density at radius 2 is 1.77 bits per heavy atom. The number of sulfonamides is 1. The fourth-order valence-electron chi connectivity index (χ4n) is 1.85. The number of nitrogens with zero attached hydrogens (tertiary/aromatic N) is 1. The Kier molecular flexibility index (Phi) is 5.10. The summed E-state index contributed by atoms with van der Waals surface area (Å²) in [7, 11) is -4.03. The fourth-order valence-corrected chi connectivity index (χ4v) is 2.84. The first-order valence-electron chi connectivity index (χ1n) is 6.76. The van der Waals surface area contributed by atoms with E-state index >= 15 is 0 Å². The van der Waals surface area contributed by atoms with Crippen molar-refractivity contribution in [3.05, 3.63) is 64.4 Å². The molecule has 4 nitrogen and oxygen atoms in total. The lowest BCUT2D eigenvalue weighted by Crippen LogP contribution is -2.81. The van der Waals surface area contributed by atoms with Gasteiger partial charge in [-0.25, -0.2) is 17.2 Å². The van der Waals surface area contributed by atoms with Gasteiger partial charge in [0.15, 0.2) is 0 Å². The third kappa shape index (κ3) is 4.02. The summed E-state index contributed by atoms with van der Waals surface area (Å²) in [6.07, 6.45) is 0. The minimum absolute atomic E-state index is 0.0310. The highest BCUT2D eigenvalue weighted by Crippen LogP contribution is 2.30. The average Bonchev–Trinajstić information content (AvgIpc) is 2.48. The van der Waals surface area contributed by atoms with Gasteiger partial charge in [-0.2, -0.15) is 0 Å². The number of hydrogen-bond acceptors (Lipinski definition) is 2. The second kappa shape index (κ2) is 6.85. The van der Waals surface area contributed by atoms with E-state index in [0.29, 0.717) is 6.07 Å². The van der Waals surface area contributed by atoms with Gasteiger partial charge in [0.25, 0.3) is 0 Å². The Morgan fingerprint density at radius 3 is 2.36 bits per heavy atom. The Bertz CT molecular complexity index is 747. The van der Waals surface area contributed by atoms with Crippen LogP contribution in [0.1, 0.15) is 12.5 Å². The van der Waals surface area contributed by atoms with E-state index in [1.807, 2.05) is 6.92 Å². The molecule has 118 valence electrons. The van der Waals surface area contributed by atoms with Crippen LogP contribution in [0.3, 0.4) is 0 Å². The van der Waals surface area contributed by atoms with E-state index in [2.05, 4.69) is 10.0 Å². The standard InChI is InChI=1S/C15H15F2N2O2S/c1-2-18-10-11-3-6-13(7-4-11)22(20,21)19-15-8-5-12(16)9-14(15)17/h3-9,18H,2,10H2,1H3/q-1/p+1. The fraction of sp³-hybridized carbons (Fsp3) is 0.200. The summed E-state index contributed by atoms with van der Waals surface area (Å²) in [4.78, 5) is -0.0310. The molecule has 0 aliphatic rings. The topological polar surface area (TPSA) is 64.8 Å². The van der Waals surface area contributed by atoms with Crippen molar-refractivity contribution in [3.8, 4) is 0 Å². The van der Waals surface area contributed by atoms with E-state index in [1.54, 1.807) is 12.1 Å². The summed E-state index contributed by atoms with van der Waals surface area (Å²) in [6, 6.07) is 8.79. The second-order valence-corrected chi connectivity index (χ2v) is 6.31. The van der Waals surface area contributed by atoms with Gasteiger partial charge in [0.1, 0.15) is 28.2 Å². The van der Waals surface area contributed by atoms with E-state index < -0.39 is 27.3 Å². The summed E-state index contributed by atoms with van der Waals surface area (Å²) in [5.41, 5.74) is 0.568. The van der Waals surface area contributed by atoms with Crippen LogP contribution in [0, 0.1) is 11.6 Å². The maximum Gasteiger partial charge on any atom is 0.126 e. The number of nitrogens with two attached hydrogens (primary N) is 1. The molecule has 0 unspecified atom stereocenters. The molecule has 0 aromatic heterocycles. The molecule has 2 aromatic rings. The van der Waals surface area contributed by atoms with Gasteiger partial charge in [0, 0.05) is 11.6 Å². The Labute approximate surface area is 128 Å². The molecule has 2 rings (SSSR count). The lowest BCUT2D eigenvalue weighted by molar-refractivity contribution is -0.667. The third-order valence-electron chi connectivity index (χ3n) is 3.02. The van der Waals surface area contributed by atoms with Crippen molar-refractivity contribution in [2.45, 2.75) is 18.4 Å². The minimum atomic E-state index is -4.03. The van der Waals surface area contributed by atoms with E-state index in [0.717, 1.165) is 30.8 Å². The zero-order valence-electron chi connectivity index (χ0n) is 12.0. The molecular weight excluding hydrogens is 310 g/mol. The molecular formula is C15H16F2N2O2S. The third-order valence-corrected chi connectivity index (χ3v) is 4.32. The van der Waals surface area contributed by atoms with E-state index in [1.165, 1.54) is 12.1 Å². The maximum absolute atomic E-state index is 13.5. The first kappa shape index (κ1) is 16.4. The molecule has 0 saturated carbocycles. The molecule has 0 aliphatic carbocycles. The molecule has 0 aliphatic heterocycles. The van der Waals surface area contributed by atoms with Gasteiger partial charge in [-0.1, -0.05) is 23.9 Å². The highest BCUT2D eigenvalue weighted by Gasteiger charge is 2.07. The van der Waals surface area contributed by atoms with E-state index in [9.17, 15) is 17.2 Å². The molecule has 7 heteroatoms.